The predicted molar refractivity (Wildman–Crippen MR) is 58.6 cm³/mol. The first-order valence-corrected chi connectivity index (χ1v) is 4.82. The van der Waals surface area contributed by atoms with Crippen LogP contribution in [0, 0.1) is 13.8 Å². The zero-order chi connectivity index (χ0) is 9.98. The number of rotatable bonds is 0. The van der Waals surface area contributed by atoms with Gasteiger partial charge in [0.1, 0.15) is 0 Å². The fourth-order valence-corrected chi connectivity index (χ4v) is 0.637. The molecule has 0 amide bonds. The lowest BCUT2D eigenvalue weighted by atomic mass is 10.2. The minimum atomic E-state index is 1.33. The first-order chi connectivity index (χ1) is 5.79. The van der Waals surface area contributed by atoms with E-state index in [1.54, 1.807) is 0 Å². The van der Waals surface area contributed by atoms with Crippen molar-refractivity contribution in [3.63, 3.8) is 0 Å². The van der Waals surface area contributed by atoms with Gasteiger partial charge in [0.05, 0.1) is 0 Å². The van der Waals surface area contributed by atoms with Crippen molar-refractivity contribution in [2.75, 3.05) is 0 Å². The van der Waals surface area contributed by atoms with Gasteiger partial charge in [0.2, 0.25) is 0 Å². The van der Waals surface area contributed by atoms with E-state index in [0.717, 1.165) is 0 Å². The molecule has 0 aliphatic heterocycles. The zero-order valence-electron chi connectivity index (χ0n) is 9.31. The highest BCUT2D eigenvalue weighted by atomic mass is 13.9. The first-order valence-electron chi connectivity index (χ1n) is 4.82. The molecule has 0 atom stereocenters. The first kappa shape index (κ1) is 13.8. The van der Waals surface area contributed by atoms with Crippen LogP contribution in [0.5, 0.6) is 0 Å². The summed E-state index contributed by atoms with van der Waals surface area (Å²) in [6.45, 7) is 12.2. The molecule has 0 bridgehead atoms. The Balaban J connectivity index is 0. The van der Waals surface area contributed by atoms with Gasteiger partial charge in [-0.25, -0.2) is 0 Å². The summed E-state index contributed by atoms with van der Waals surface area (Å²) in [6.07, 6.45) is 0. The maximum absolute atomic E-state index is 2.12. The molecule has 0 aliphatic rings. The Hall–Kier alpha value is -0.780. The van der Waals surface area contributed by atoms with E-state index in [1.807, 2.05) is 27.7 Å². The van der Waals surface area contributed by atoms with E-state index in [1.165, 1.54) is 11.1 Å². The van der Waals surface area contributed by atoms with Crippen molar-refractivity contribution in [3.05, 3.63) is 35.4 Å². The van der Waals surface area contributed by atoms with Gasteiger partial charge in [-0.1, -0.05) is 63.1 Å². The van der Waals surface area contributed by atoms with Gasteiger partial charge in [-0.15, -0.1) is 0 Å². The summed E-state index contributed by atoms with van der Waals surface area (Å²) < 4.78 is 0. The fraction of sp³-hybridized carbons (Fsp3) is 0.500. The van der Waals surface area contributed by atoms with Gasteiger partial charge in [-0.05, 0) is 13.8 Å². The molecule has 0 aromatic heterocycles. The van der Waals surface area contributed by atoms with E-state index in [4.69, 9.17) is 0 Å². The Bertz CT molecular complexity index is 139. The van der Waals surface area contributed by atoms with Crippen LogP contribution in [0.2, 0.25) is 0 Å². The fourth-order valence-electron chi connectivity index (χ4n) is 0.637. The van der Waals surface area contributed by atoms with Crippen LogP contribution in [0.3, 0.4) is 0 Å². The van der Waals surface area contributed by atoms with Gasteiger partial charge >= 0.3 is 0 Å². The van der Waals surface area contributed by atoms with Crippen LogP contribution in [0.25, 0.3) is 0 Å². The molecule has 0 heterocycles. The topological polar surface area (TPSA) is 0 Å². The lowest BCUT2D eigenvalue weighted by molar-refractivity contribution is 1.40. The van der Waals surface area contributed by atoms with Crippen molar-refractivity contribution in [3.8, 4) is 0 Å². The highest BCUT2D eigenvalue weighted by Gasteiger charge is 1.79. The molecule has 0 N–H and O–H groups in total. The molecule has 0 radical (unpaired) electrons. The van der Waals surface area contributed by atoms with Crippen LogP contribution in [0.1, 0.15) is 38.8 Å². The molecule has 0 saturated heterocycles. The van der Waals surface area contributed by atoms with E-state index in [9.17, 15) is 0 Å². The third-order valence-electron chi connectivity index (χ3n) is 1.22. The molecule has 0 unspecified atom stereocenters. The highest BCUT2D eigenvalue weighted by molar-refractivity contribution is 5.19. The Morgan fingerprint density at radius 1 is 0.583 bits per heavy atom. The van der Waals surface area contributed by atoms with E-state index >= 15 is 0 Å². The second kappa shape index (κ2) is 10.2. The van der Waals surface area contributed by atoms with Crippen molar-refractivity contribution in [1.82, 2.24) is 0 Å². The van der Waals surface area contributed by atoms with Gasteiger partial charge in [0, 0.05) is 0 Å². The largest absolute Gasteiger partial charge is 0.0683 e. The van der Waals surface area contributed by atoms with Crippen molar-refractivity contribution >= 4 is 0 Å². The third-order valence-corrected chi connectivity index (χ3v) is 1.22. The number of benzene rings is 1. The van der Waals surface area contributed by atoms with Gasteiger partial charge in [-0.2, -0.15) is 0 Å². The number of aryl methyl sites for hydroxylation is 2. The van der Waals surface area contributed by atoms with Crippen LogP contribution >= 0.6 is 0 Å². The van der Waals surface area contributed by atoms with E-state index in [0.29, 0.717) is 0 Å². The molecule has 0 heteroatoms. The zero-order valence-corrected chi connectivity index (χ0v) is 9.31. The standard InChI is InChI=1S/C8H10.2C2H6/c1-7-3-5-8(2)6-4-7;2*1-2/h3-6H,1-2H3;2*1-2H3. The smallest absolute Gasteiger partial charge is 0.0398 e. The van der Waals surface area contributed by atoms with Crippen LogP contribution in [-0.4, -0.2) is 0 Å². The average Bonchev–Trinajstić information content (AvgIpc) is 2.17. The second-order valence-electron chi connectivity index (χ2n) is 2.15. The molecular formula is C12H22. The maximum atomic E-state index is 2.12. The van der Waals surface area contributed by atoms with Crippen molar-refractivity contribution < 1.29 is 0 Å². The second-order valence-corrected chi connectivity index (χ2v) is 2.15. The minimum absolute atomic E-state index is 1.33. The summed E-state index contributed by atoms with van der Waals surface area (Å²) in [7, 11) is 0. The summed E-state index contributed by atoms with van der Waals surface area (Å²) in [5.41, 5.74) is 2.66. The van der Waals surface area contributed by atoms with Crippen LogP contribution in [-0.2, 0) is 0 Å². The average molecular weight is 166 g/mol. The summed E-state index contributed by atoms with van der Waals surface area (Å²) in [5.74, 6) is 0. The molecule has 70 valence electrons. The maximum Gasteiger partial charge on any atom is -0.0398 e. The molecule has 0 spiro atoms. The molecule has 0 saturated carbocycles. The molecule has 1 rings (SSSR count). The molecule has 0 nitrogen and oxygen atoms in total. The monoisotopic (exact) mass is 166 g/mol. The Kier molecular flexibility index (Phi) is 11.7. The highest BCUT2D eigenvalue weighted by Crippen LogP contribution is 1.99. The molecule has 1 aromatic carbocycles. The summed E-state index contributed by atoms with van der Waals surface area (Å²) in [5, 5.41) is 0. The molecule has 1 aromatic rings. The van der Waals surface area contributed by atoms with Crippen molar-refractivity contribution in [2.45, 2.75) is 41.5 Å². The molecule has 0 aliphatic carbocycles. The van der Waals surface area contributed by atoms with E-state index in [-0.39, 0.29) is 0 Å². The predicted octanol–water partition coefficient (Wildman–Crippen LogP) is 4.36. The number of hydrogen-bond acceptors (Lipinski definition) is 0. The van der Waals surface area contributed by atoms with Crippen LogP contribution in [0.15, 0.2) is 24.3 Å². The normalized spacial score (nSPS) is 7.17. The van der Waals surface area contributed by atoms with Crippen LogP contribution in [0.4, 0.5) is 0 Å². The summed E-state index contributed by atoms with van der Waals surface area (Å²) in [4.78, 5) is 0. The van der Waals surface area contributed by atoms with Gasteiger partial charge in [-0.3, -0.25) is 0 Å². The Morgan fingerprint density at radius 3 is 0.917 bits per heavy atom. The van der Waals surface area contributed by atoms with E-state index in [2.05, 4.69) is 38.1 Å². The van der Waals surface area contributed by atoms with Gasteiger partial charge in [0.15, 0.2) is 0 Å². The Morgan fingerprint density at radius 2 is 0.750 bits per heavy atom. The van der Waals surface area contributed by atoms with Crippen LogP contribution < -0.4 is 0 Å². The van der Waals surface area contributed by atoms with E-state index < -0.39 is 0 Å². The van der Waals surface area contributed by atoms with Gasteiger partial charge < -0.3 is 0 Å². The lowest BCUT2D eigenvalue weighted by Gasteiger charge is -1.90. The lowest BCUT2D eigenvalue weighted by Crippen LogP contribution is -1.70. The molecule has 12 heavy (non-hydrogen) atoms. The van der Waals surface area contributed by atoms with Crippen molar-refractivity contribution in [2.24, 2.45) is 0 Å². The minimum Gasteiger partial charge on any atom is -0.0683 e. The van der Waals surface area contributed by atoms with Crippen molar-refractivity contribution in [1.29, 1.82) is 0 Å². The molecular weight excluding hydrogens is 144 g/mol. The third kappa shape index (κ3) is 7.33. The summed E-state index contributed by atoms with van der Waals surface area (Å²) in [6, 6.07) is 8.48. The number of hydrogen-bond donors (Lipinski definition) is 0. The Labute approximate surface area is 77.6 Å². The quantitative estimate of drug-likeness (QED) is 0.537. The summed E-state index contributed by atoms with van der Waals surface area (Å²) >= 11 is 0. The van der Waals surface area contributed by atoms with Gasteiger partial charge in [0.25, 0.3) is 0 Å². The SMILES string of the molecule is CC.CC.Cc1ccc(C)cc1. The molecule has 0 fully saturated rings.